The lowest BCUT2D eigenvalue weighted by atomic mass is 10.1. The molecule has 1 rings (SSSR count). The SMILES string of the molecule is CC.CCC(=O)c1cccc(NC(C)=O)c1. The molecule has 0 saturated carbocycles. The molecule has 88 valence electrons. The third kappa shape index (κ3) is 4.73. The molecule has 0 unspecified atom stereocenters. The van der Waals surface area contributed by atoms with Crippen molar-refractivity contribution < 1.29 is 9.59 Å². The monoisotopic (exact) mass is 221 g/mol. The minimum Gasteiger partial charge on any atom is -0.326 e. The Morgan fingerprint density at radius 2 is 1.88 bits per heavy atom. The van der Waals surface area contributed by atoms with E-state index in [9.17, 15) is 9.59 Å². The Balaban J connectivity index is 0.00000106. The van der Waals surface area contributed by atoms with Crippen molar-refractivity contribution in [2.24, 2.45) is 0 Å². The Kier molecular flexibility index (Phi) is 6.84. The summed E-state index contributed by atoms with van der Waals surface area (Å²) >= 11 is 0. The van der Waals surface area contributed by atoms with Gasteiger partial charge in [0.05, 0.1) is 0 Å². The molecule has 16 heavy (non-hydrogen) atoms. The Labute approximate surface area is 96.9 Å². The first-order chi connectivity index (χ1) is 7.63. The summed E-state index contributed by atoms with van der Waals surface area (Å²) < 4.78 is 0. The normalized spacial score (nSPS) is 8.75. The number of hydrogen-bond acceptors (Lipinski definition) is 2. The van der Waals surface area contributed by atoms with Gasteiger partial charge in [0.15, 0.2) is 5.78 Å². The van der Waals surface area contributed by atoms with Gasteiger partial charge in [-0.2, -0.15) is 0 Å². The number of amides is 1. The van der Waals surface area contributed by atoms with Crippen LogP contribution in [0.4, 0.5) is 5.69 Å². The molecule has 0 fully saturated rings. The van der Waals surface area contributed by atoms with Crippen LogP contribution in [0.2, 0.25) is 0 Å². The van der Waals surface area contributed by atoms with Crippen LogP contribution < -0.4 is 5.32 Å². The molecule has 0 aliphatic rings. The molecule has 0 heterocycles. The van der Waals surface area contributed by atoms with Crippen molar-refractivity contribution in [1.29, 1.82) is 0 Å². The molecule has 3 heteroatoms. The van der Waals surface area contributed by atoms with E-state index in [0.717, 1.165) is 0 Å². The molecule has 1 amide bonds. The maximum absolute atomic E-state index is 11.3. The molecule has 0 aliphatic carbocycles. The van der Waals surface area contributed by atoms with Gasteiger partial charge in [0.1, 0.15) is 0 Å². The van der Waals surface area contributed by atoms with E-state index in [4.69, 9.17) is 0 Å². The summed E-state index contributed by atoms with van der Waals surface area (Å²) in [7, 11) is 0. The van der Waals surface area contributed by atoms with Crippen LogP contribution in [-0.2, 0) is 4.79 Å². The zero-order chi connectivity index (χ0) is 12.6. The summed E-state index contributed by atoms with van der Waals surface area (Å²) in [6, 6.07) is 6.95. The van der Waals surface area contributed by atoms with E-state index >= 15 is 0 Å². The number of ketones is 1. The molecule has 0 bridgehead atoms. The molecule has 0 atom stereocenters. The van der Waals surface area contributed by atoms with Crippen molar-refractivity contribution >= 4 is 17.4 Å². The van der Waals surface area contributed by atoms with Crippen LogP contribution in [0.1, 0.15) is 44.5 Å². The second kappa shape index (κ2) is 7.63. The molecule has 3 nitrogen and oxygen atoms in total. The third-order valence-electron chi connectivity index (χ3n) is 1.83. The lowest BCUT2D eigenvalue weighted by Crippen LogP contribution is -2.06. The first kappa shape index (κ1) is 14.4. The van der Waals surface area contributed by atoms with Crippen molar-refractivity contribution in [3.8, 4) is 0 Å². The van der Waals surface area contributed by atoms with Crippen LogP contribution in [0, 0.1) is 0 Å². The number of benzene rings is 1. The first-order valence-electron chi connectivity index (χ1n) is 5.54. The number of carbonyl (C=O) groups is 2. The summed E-state index contributed by atoms with van der Waals surface area (Å²) in [5.41, 5.74) is 1.30. The zero-order valence-corrected chi connectivity index (χ0v) is 10.3. The number of anilines is 1. The standard InChI is InChI=1S/C11H13NO2.C2H6/c1-3-11(14)9-5-4-6-10(7-9)12-8(2)13;1-2/h4-7H,3H2,1-2H3,(H,12,13);1-2H3. The second-order valence-electron chi connectivity index (χ2n) is 3.04. The highest BCUT2D eigenvalue weighted by Crippen LogP contribution is 2.11. The largest absolute Gasteiger partial charge is 0.326 e. The van der Waals surface area contributed by atoms with E-state index in [1.165, 1.54) is 6.92 Å². The maximum atomic E-state index is 11.3. The fourth-order valence-corrected chi connectivity index (χ4v) is 1.18. The van der Waals surface area contributed by atoms with Crippen molar-refractivity contribution in [3.05, 3.63) is 29.8 Å². The van der Waals surface area contributed by atoms with Gasteiger partial charge in [-0.3, -0.25) is 9.59 Å². The molecule has 1 N–H and O–H groups in total. The van der Waals surface area contributed by atoms with Crippen LogP contribution in [0.5, 0.6) is 0 Å². The van der Waals surface area contributed by atoms with Gasteiger partial charge in [0, 0.05) is 24.6 Å². The number of rotatable bonds is 3. The Bertz CT molecular complexity index is 359. The predicted octanol–water partition coefficient (Wildman–Crippen LogP) is 3.26. The summed E-state index contributed by atoms with van der Waals surface area (Å²) in [6.07, 6.45) is 0.476. The molecule has 1 aromatic carbocycles. The molecule has 0 spiro atoms. The summed E-state index contributed by atoms with van der Waals surface area (Å²) in [4.78, 5) is 22.1. The van der Waals surface area contributed by atoms with E-state index in [2.05, 4.69) is 5.32 Å². The van der Waals surface area contributed by atoms with Crippen LogP contribution in [0.3, 0.4) is 0 Å². The van der Waals surface area contributed by atoms with Gasteiger partial charge in [-0.05, 0) is 12.1 Å². The second-order valence-corrected chi connectivity index (χ2v) is 3.04. The van der Waals surface area contributed by atoms with E-state index in [1.54, 1.807) is 24.3 Å². The number of carbonyl (C=O) groups excluding carboxylic acids is 2. The first-order valence-corrected chi connectivity index (χ1v) is 5.54. The van der Waals surface area contributed by atoms with Gasteiger partial charge in [-0.25, -0.2) is 0 Å². The summed E-state index contributed by atoms with van der Waals surface area (Å²) in [5.74, 6) is -0.0525. The molecule has 1 aromatic rings. The van der Waals surface area contributed by atoms with E-state index < -0.39 is 0 Å². The van der Waals surface area contributed by atoms with Gasteiger partial charge in [0.2, 0.25) is 5.91 Å². The van der Waals surface area contributed by atoms with E-state index in [-0.39, 0.29) is 11.7 Å². The van der Waals surface area contributed by atoms with Crippen molar-refractivity contribution in [2.75, 3.05) is 5.32 Å². The van der Waals surface area contributed by atoms with Crippen molar-refractivity contribution in [2.45, 2.75) is 34.1 Å². The maximum Gasteiger partial charge on any atom is 0.221 e. The Morgan fingerprint density at radius 1 is 1.25 bits per heavy atom. The molecular formula is C13H19NO2. The molecule has 0 aromatic heterocycles. The predicted molar refractivity (Wildman–Crippen MR) is 66.7 cm³/mol. The van der Waals surface area contributed by atoms with Gasteiger partial charge >= 0.3 is 0 Å². The molecule has 0 saturated heterocycles. The van der Waals surface area contributed by atoms with Crippen LogP contribution in [0.25, 0.3) is 0 Å². The number of Topliss-reactive ketones (excluding diaryl/α,β-unsaturated/α-hetero) is 1. The minimum absolute atomic E-state index is 0.0807. The van der Waals surface area contributed by atoms with Crippen molar-refractivity contribution in [3.63, 3.8) is 0 Å². The van der Waals surface area contributed by atoms with Crippen molar-refractivity contribution in [1.82, 2.24) is 0 Å². The third-order valence-corrected chi connectivity index (χ3v) is 1.83. The fraction of sp³-hybridized carbons (Fsp3) is 0.385. The highest BCUT2D eigenvalue weighted by Gasteiger charge is 2.03. The van der Waals surface area contributed by atoms with Gasteiger partial charge < -0.3 is 5.32 Å². The quantitative estimate of drug-likeness (QED) is 0.796. The summed E-state index contributed by atoms with van der Waals surface area (Å²) in [6.45, 7) is 7.25. The lowest BCUT2D eigenvalue weighted by molar-refractivity contribution is -0.114. The van der Waals surface area contributed by atoms with Gasteiger partial charge in [-0.15, -0.1) is 0 Å². The van der Waals surface area contributed by atoms with E-state index in [1.807, 2.05) is 20.8 Å². The van der Waals surface area contributed by atoms with Gasteiger partial charge in [-0.1, -0.05) is 32.9 Å². The molecule has 0 aliphatic heterocycles. The smallest absolute Gasteiger partial charge is 0.221 e. The number of nitrogens with one attached hydrogen (secondary N) is 1. The highest BCUT2D eigenvalue weighted by molar-refractivity contribution is 5.98. The average molecular weight is 221 g/mol. The fourth-order valence-electron chi connectivity index (χ4n) is 1.18. The Hall–Kier alpha value is -1.64. The molecule has 0 radical (unpaired) electrons. The van der Waals surface area contributed by atoms with Crippen LogP contribution >= 0.6 is 0 Å². The Morgan fingerprint density at radius 3 is 2.38 bits per heavy atom. The topological polar surface area (TPSA) is 46.2 Å². The van der Waals surface area contributed by atoms with E-state index in [0.29, 0.717) is 17.7 Å². The highest BCUT2D eigenvalue weighted by atomic mass is 16.1. The van der Waals surface area contributed by atoms with Crippen LogP contribution in [0.15, 0.2) is 24.3 Å². The molecular weight excluding hydrogens is 202 g/mol. The zero-order valence-electron chi connectivity index (χ0n) is 10.3. The number of hydrogen-bond donors (Lipinski definition) is 1. The lowest BCUT2D eigenvalue weighted by Gasteiger charge is -2.03. The average Bonchev–Trinajstić information content (AvgIpc) is 2.30. The van der Waals surface area contributed by atoms with Crippen LogP contribution in [-0.4, -0.2) is 11.7 Å². The van der Waals surface area contributed by atoms with Gasteiger partial charge in [0.25, 0.3) is 0 Å². The summed E-state index contributed by atoms with van der Waals surface area (Å²) in [5, 5.41) is 2.63. The minimum atomic E-state index is -0.133.